The van der Waals surface area contributed by atoms with Crippen molar-refractivity contribution in [2.45, 2.75) is 25.4 Å². The first-order chi connectivity index (χ1) is 8.61. The summed E-state index contributed by atoms with van der Waals surface area (Å²) < 4.78 is 6.32. The fourth-order valence-electron chi connectivity index (χ4n) is 1.78. The number of nitrogens with zero attached hydrogens (tertiary/aromatic N) is 2. The molecular formula is C13H19BrIN3O. The zero-order valence-corrected chi connectivity index (χ0v) is 15.0. The molecule has 0 atom stereocenters. The van der Waals surface area contributed by atoms with Crippen molar-refractivity contribution in [3.05, 3.63) is 28.2 Å². The molecule has 1 aromatic carbocycles. The van der Waals surface area contributed by atoms with Crippen molar-refractivity contribution in [2.24, 2.45) is 10.7 Å². The minimum absolute atomic E-state index is 0. The van der Waals surface area contributed by atoms with Gasteiger partial charge in [0.15, 0.2) is 5.96 Å². The van der Waals surface area contributed by atoms with Gasteiger partial charge in [-0.1, -0.05) is 22.0 Å². The summed E-state index contributed by atoms with van der Waals surface area (Å²) in [4.78, 5) is 6.47. The average molecular weight is 440 g/mol. The highest BCUT2D eigenvalue weighted by Gasteiger charge is 2.27. The Labute approximate surface area is 139 Å². The standard InChI is InChI=1S/C13H18BrN3O.HI/c1-17(11-5-6-11)13(15)16-8-9-3-4-10(14)7-12(9)18-2;/h3-4,7,11H,5-6,8H2,1-2H3,(H2,15,16);1H. The molecule has 6 heteroatoms. The first-order valence-corrected chi connectivity index (χ1v) is 6.76. The Morgan fingerprint density at radius 1 is 1.53 bits per heavy atom. The molecule has 0 spiro atoms. The molecular weight excluding hydrogens is 421 g/mol. The maximum absolute atomic E-state index is 5.95. The van der Waals surface area contributed by atoms with E-state index in [0.717, 1.165) is 15.8 Å². The fourth-order valence-corrected chi connectivity index (χ4v) is 2.12. The number of hydrogen-bond acceptors (Lipinski definition) is 2. The van der Waals surface area contributed by atoms with Crippen molar-refractivity contribution >= 4 is 45.9 Å². The van der Waals surface area contributed by atoms with E-state index in [4.69, 9.17) is 10.5 Å². The average Bonchev–Trinajstić information content (AvgIpc) is 3.20. The van der Waals surface area contributed by atoms with Crippen LogP contribution in [0.15, 0.2) is 27.7 Å². The molecule has 0 amide bonds. The topological polar surface area (TPSA) is 50.9 Å². The van der Waals surface area contributed by atoms with Crippen LogP contribution in [-0.4, -0.2) is 31.1 Å². The Kier molecular flexibility index (Phi) is 6.38. The van der Waals surface area contributed by atoms with Gasteiger partial charge in [0.2, 0.25) is 0 Å². The molecule has 4 nitrogen and oxygen atoms in total. The van der Waals surface area contributed by atoms with Crippen molar-refractivity contribution in [1.82, 2.24) is 4.90 Å². The van der Waals surface area contributed by atoms with Crippen molar-refractivity contribution < 1.29 is 4.74 Å². The molecule has 0 bridgehead atoms. The minimum atomic E-state index is 0. The van der Waals surface area contributed by atoms with Crippen molar-refractivity contribution in [3.63, 3.8) is 0 Å². The lowest BCUT2D eigenvalue weighted by Crippen LogP contribution is -2.35. The quantitative estimate of drug-likeness (QED) is 0.445. The van der Waals surface area contributed by atoms with E-state index in [9.17, 15) is 0 Å². The summed E-state index contributed by atoms with van der Waals surface area (Å²) in [7, 11) is 3.66. The highest BCUT2D eigenvalue weighted by molar-refractivity contribution is 14.0. The van der Waals surface area contributed by atoms with Crippen LogP contribution in [0.4, 0.5) is 0 Å². The summed E-state index contributed by atoms with van der Waals surface area (Å²) >= 11 is 3.42. The SMILES string of the molecule is COc1cc(Br)ccc1CN=C(N)N(C)C1CC1.I. The zero-order valence-electron chi connectivity index (χ0n) is 11.1. The van der Waals surface area contributed by atoms with Crippen molar-refractivity contribution in [1.29, 1.82) is 0 Å². The molecule has 1 aromatic rings. The van der Waals surface area contributed by atoms with E-state index < -0.39 is 0 Å². The van der Waals surface area contributed by atoms with Gasteiger partial charge in [0.1, 0.15) is 5.75 Å². The third-order valence-electron chi connectivity index (χ3n) is 3.12. The van der Waals surface area contributed by atoms with Crippen LogP contribution >= 0.6 is 39.9 Å². The second-order valence-electron chi connectivity index (χ2n) is 4.47. The second-order valence-corrected chi connectivity index (χ2v) is 5.39. The van der Waals surface area contributed by atoms with E-state index in [1.54, 1.807) is 7.11 Å². The number of rotatable bonds is 4. The van der Waals surface area contributed by atoms with Gasteiger partial charge in [-0.3, -0.25) is 0 Å². The lowest BCUT2D eigenvalue weighted by molar-refractivity contribution is 0.409. The third-order valence-corrected chi connectivity index (χ3v) is 3.61. The Bertz CT molecular complexity index is 463. The molecule has 1 saturated carbocycles. The van der Waals surface area contributed by atoms with E-state index >= 15 is 0 Å². The number of guanidine groups is 1. The predicted octanol–water partition coefficient (Wildman–Crippen LogP) is 2.98. The van der Waals surface area contributed by atoms with E-state index in [0.29, 0.717) is 18.5 Å². The highest BCUT2D eigenvalue weighted by Crippen LogP contribution is 2.26. The third kappa shape index (κ3) is 4.52. The normalized spacial score (nSPS) is 14.8. The van der Waals surface area contributed by atoms with Crippen LogP contribution in [0.5, 0.6) is 5.75 Å². The smallest absolute Gasteiger partial charge is 0.191 e. The Morgan fingerprint density at radius 3 is 2.79 bits per heavy atom. The van der Waals surface area contributed by atoms with E-state index in [1.807, 2.05) is 30.1 Å². The molecule has 0 aliphatic heterocycles. The van der Waals surface area contributed by atoms with Crippen LogP contribution in [-0.2, 0) is 6.54 Å². The van der Waals surface area contributed by atoms with Gasteiger partial charge in [-0.15, -0.1) is 24.0 Å². The Balaban J connectivity index is 0.00000180. The van der Waals surface area contributed by atoms with Crippen LogP contribution in [0, 0.1) is 0 Å². The number of ether oxygens (including phenoxy) is 1. The molecule has 0 heterocycles. The van der Waals surface area contributed by atoms with Crippen LogP contribution < -0.4 is 10.5 Å². The van der Waals surface area contributed by atoms with Crippen LogP contribution in [0.3, 0.4) is 0 Å². The number of hydrogen-bond donors (Lipinski definition) is 1. The molecule has 2 rings (SSSR count). The molecule has 19 heavy (non-hydrogen) atoms. The summed E-state index contributed by atoms with van der Waals surface area (Å²) in [6.07, 6.45) is 2.43. The van der Waals surface area contributed by atoms with Gasteiger partial charge in [-0.25, -0.2) is 4.99 Å². The molecule has 1 fully saturated rings. The first kappa shape index (κ1) is 16.6. The number of benzene rings is 1. The maximum atomic E-state index is 5.95. The molecule has 0 saturated heterocycles. The maximum Gasteiger partial charge on any atom is 0.191 e. The van der Waals surface area contributed by atoms with E-state index in [2.05, 4.69) is 20.9 Å². The minimum Gasteiger partial charge on any atom is -0.496 e. The van der Waals surface area contributed by atoms with Crippen molar-refractivity contribution in [2.75, 3.05) is 14.2 Å². The van der Waals surface area contributed by atoms with Gasteiger partial charge < -0.3 is 15.4 Å². The second kappa shape index (κ2) is 7.33. The molecule has 2 N–H and O–H groups in total. The molecule has 1 aliphatic carbocycles. The molecule has 0 unspecified atom stereocenters. The molecule has 1 aliphatic rings. The lowest BCUT2D eigenvalue weighted by Gasteiger charge is -2.17. The van der Waals surface area contributed by atoms with Gasteiger partial charge >= 0.3 is 0 Å². The van der Waals surface area contributed by atoms with E-state index in [1.165, 1.54) is 12.8 Å². The highest BCUT2D eigenvalue weighted by atomic mass is 127. The van der Waals surface area contributed by atoms with Gasteiger partial charge in [-0.2, -0.15) is 0 Å². The fraction of sp³-hybridized carbons (Fsp3) is 0.462. The van der Waals surface area contributed by atoms with Gasteiger partial charge in [0, 0.05) is 23.1 Å². The summed E-state index contributed by atoms with van der Waals surface area (Å²) in [6, 6.07) is 6.50. The number of nitrogens with two attached hydrogens (primary N) is 1. The molecule has 106 valence electrons. The first-order valence-electron chi connectivity index (χ1n) is 5.97. The monoisotopic (exact) mass is 439 g/mol. The number of halogens is 2. The van der Waals surface area contributed by atoms with Gasteiger partial charge in [0.05, 0.1) is 13.7 Å². The van der Waals surface area contributed by atoms with Crippen LogP contribution in [0.25, 0.3) is 0 Å². The predicted molar refractivity (Wildman–Crippen MR) is 92.2 cm³/mol. The van der Waals surface area contributed by atoms with E-state index in [-0.39, 0.29) is 24.0 Å². The summed E-state index contributed by atoms with van der Waals surface area (Å²) in [5.41, 5.74) is 6.99. The zero-order chi connectivity index (χ0) is 13.1. The number of methoxy groups -OCH3 is 1. The van der Waals surface area contributed by atoms with Crippen molar-refractivity contribution in [3.8, 4) is 5.75 Å². The van der Waals surface area contributed by atoms with Crippen LogP contribution in [0.1, 0.15) is 18.4 Å². The Morgan fingerprint density at radius 2 is 2.21 bits per heavy atom. The summed E-state index contributed by atoms with van der Waals surface area (Å²) in [5.74, 6) is 1.43. The van der Waals surface area contributed by atoms with Gasteiger partial charge in [0.25, 0.3) is 0 Å². The molecule has 0 aromatic heterocycles. The lowest BCUT2D eigenvalue weighted by atomic mass is 10.2. The molecule has 0 radical (unpaired) electrons. The Hall–Kier alpha value is -0.500. The van der Waals surface area contributed by atoms with Gasteiger partial charge in [-0.05, 0) is 25.0 Å². The summed E-state index contributed by atoms with van der Waals surface area (Å²) in [5, 5.41) is 0. The van der Waals surface area contributed by atoms with Crippen LogP contribution in [0.2, 0.25) is 0 Å². The summed E-state index contributed by atoms with van der Waals surface area (Å²) in [6.45, 7) is 0.541. The number of aliphatic imine (C=N–C) groups is 1. The largest absolute Gasteiger partial charge is 0.496 e.